The average molecular weight is 365 g/mol. The number of hydrogen-bond donors (Lipinski definition) is 2. The van der Waals surface area contributed by atoms with Gasteiger partial charge in [0.15, 0.2) is 17.1 Å². The van der Waals surface area contributed by atoms with Crippen LogP contribution in [0, 0.1) is 0 Å². The second kappa shape index (κ2) is 7.03. The van der Waals surface area contributed by atoms with Crippen LogP contribution in [0.3, 0.4) is 0 Å². The molecule has 1 aromatic heterocycles. The fourth-order valence-electron chi connectivity index (χ4n) is 3.12. The number of carbonyl (C=O) groups excluding carboxylic acids is 2. The maximum absolute atomic E-state index is 12.5. The van der Waals surface area contributed by atoms with E-state index < -0.39 is 0 Å². The Morgan fingerprint density at radius 1 is 1.22 bits per heavy atom. The number of amides is 2. The van der Waals surface area contributed by atoms with Gasteiger partial charge in [-0.25, -0.2) is 0 Å². The maximum Gasteiger partial charge on any atom is 0.291 e. The third kappa shape index (κ3) is 3.44. The number of nitrogens with one attached hydrogen (secondary N) is 2. The van der Waals surface area contributed by atoms with Crippen LogP contribution >= 0.6 is 0 Å². The van der Waals surface area contributed by atoms with Crippen molar-refractivity contribution in [1.29, 1.82) is 0 Å². The molecule has 1 saturated heterocycles. The van der Waals surface area contributed by atoms with Gasteiger partial charge in [-0.1, -0.05) is 12.1 Å². The quantitative estimate of drug-likeness (QED) is 0.743. The normalized spacial score (nSPS) is 14.1. The van der Waals surface area contributed by atoms with Crippen molar-refractivity contribution in [3.8, 4) is 5.75 Å². The average Bonchev–Trinajstić information content (AvgIpc) is 3.13. The number of nitrogens with zero attached hydrogens (tertiary/aromatic N) is 1. The fourth-order valence-corrected chi connectivity index (χ4v) is 3.12. The van der Waals surface area contributed by atoms with Crippen LogP contribution in [0.1, 0.15) is 10.6 Å². The molecule has 0 radical (unpaired) electrons. The van der Waals surface area contributed by atoms with Gasteiger partial charge in [0, 0.05) is 29.9 Å². The van der Waals surface area contributed by atoms with Crippen LogP contribution < -0.4 is 20.3 Å². The molecule has 0 saturated carbocycles. The Kier molecular flexibility index (Phi) is 4.42. The smallest absolute Gasteiger partial charge is 0.291 e. The van der Waals surface area contributed by atoms with Gasteiger partial charge in [0.25, 0.3) is 5.91 Å². The molecule has 2 aromatic carbocycles. The predicted molar refractivity (Wildman–Crippen MR) is 102 cm³/mol. The molecule has 3 aromatic rings. The first-order valence-corrected chi connectivity index (χ1v) is 8.63. The minimum absolute atomic E-state index is 0.0129. The van der Waals surface area contributed by atoms with Gasteiger partial charge in [-0.05, 0) is 36.4 Å². The highest BCUT2D eigenvalue weighted by atomic mass is 16.5. The van der Waals surface area contributed by atoms with Gasteiger partial charge in [-0.2, -0.15) is 0 Å². The number of piperazine rings is 1. The van der Waals surface area contributed by atoms with E-state index in [0.29, 0.717) is 30.1 Å². The first-order valence-electron chi connectivity index (χ1n) is 8.63. The topological polar surface area (TPSA) is 83.8 Å². The molecule has 0 bridgehead atoms. The van der Waals surface area contributed by atoms with Gasteiger partial charge in [0.05, 0.1) is 13.7 Å². The summed E-state index contributed by atoms with van der Waals surface area (Å²) in [7, 11) is 1.56. The van der Waals surface area contributed by atoms with E-state index in [9.17, 15) is 9.59 Å². The molecule has 2 heterocycles. The number of methoxy groups -OCH3 is 1. The van der Waals surface area contributed by atoms with E-state index in [4.69, 9.17) is 9.15 Å². The molecule has 1 aliphatic rings. The Balaban J connectivity index is 1.49. The van der Waals surface area contributed by atoms with E-state index in [-0.39, 0.29) is 17.6 Å². The monoisotopic (exact) mass is 365 g/mol. The standard InChI is InChI=1S/C20H19N3O4/c1-26-16-4-2-3-13-11-17(27-19(13)16)20(25)22-14-5-7-15(8-6-14)23-10-9-21-18(24)12-23/h2-8,11H,9-10,12H2,1H3,(H,21,24)(H,22,25). The number of ether oxygens (including phenoxy) is 1. The van der Waals surface area contributed by atoms with Crippen LogP contribution in [-0.2, 0) is 4.79 Å². The predicted octanol–water partition coefficient (Wildman–Crippen LogP) is 2.63. The Bertz CT molecular complexity index is 994. The summed E-state index contributed by atoms with van der Waals surface area (Å²) in [5.74, 6) is 0.477. The zero-order valence-corrected chi connectivity index (χ0v) is 14.8. The number of furan rings is 1. The Morgan fingerprint density at radius 3 is 2.78 bits per heavy atom. The molecule has 7 nitrogen and oxygen atoms in total. The van der Waals surface area contributed by atoms with Gasteiger partial charge < -0.3 is 24.7 Å². The number of hydrogen-bond acceptors (Lipinski definition) is 5. The highest BCUT2D eigenvalue weighted by Gasteiger charge is 2.17. The summed E-state index contributed by atoms with van der Waals surface area (Å²) in [6.07, 6.45) is 0. The van der Waals surface area contributed by atoms with Crippen molar-refractivity contribution < 1.29 is 18.7 Å². The third-order valence-electron chi connectivity index (χ3n) is 4.48. The van der Waals surface area contributed by atoms with Crippen molar-refractivity contribution in [2.45, 2.75) is 0 Å². The second-order valence-electron chi connectivity index (χ2n) is 6.26. The van der Waals surface area contributed by atoms with Gasteiger partial charge in [0.2, 0.25) is 5.91 Å². The summed E-state index contributed by atoms with van der Waals surface area (Å²) in [4.78, 5) is 26.0. The number of para-hydroxylation sites is 1. The van der Waals surface area contributed by atoms with Crippen LogP contribution in [0.25, 0.3) is 11.0 Å². The molecule has 4 rings (SSSR count). The number of anilines is 2. The zero-order valence-electron chi connectivity index (χ0n) is 14.8. The lowest BCUT2D eigenvalue weighted by Crippen LogP contribution is -2.47. The van der Waals surface area contributed by atoms with Crippen LogP contribution in [0.4, 0.5) is 11.4 Å². The molecule has 1 aliphatic heterocycles. The highest BCUT2D eigenvalue weighted by Crippen LogP contribution is 2.29. The second-order valence-corrected chi connectivity index (χ2v) is 6.26. The van der Waals surface area contributed by atoms with Gasteiger partial charge in [-0.15, -0.1) is 0 Å². The van der Waals surface area contributed by atoms with Crippen molar-refractivity contribution in [3.05, 3.63) is 54.3 Å². The van der Waals surface area contributed by atoms with Crippen LogP contribution in [0.2, 0.25) is 0 Å². The minimum atomic E-state index is -0.335. The van der Waals surface area contributed by atoms with Gasteiger partial charge in [-0.3, -0.25) is 9.59 Å². The van der Waals surface area contributed by atoms with E-state index in [1.165, 1.54) is 0 Å². The lowest BCUT2D eigenvalue weighted by atomic mass is 10.2. The molecule has 7 heteroatoms. The van der Waals surface area contributed by atoms with Gasteiger partial charge >= 0.3 is 0 Å². The molecular formula is C20H19N3O4. The molecule has 0 spiro atoms. The highest BCUT2D eigenvalue weighted by molar-refractivity contribution is 6.05. The number of fused-ring (bicyclic) bond motifs is 1. The summed E-state index contributed by atoms with van der Waals surface area (Å²) in [5, 5.41) is 6.43. The summed E-state index contributed by atoms with van der Waals surface area (Å²) in [6.45, 7) is 1.73. The lowest BCUT2D eigenvalue weighted by Gasteiger charge is -2.28. The van der Waals surface area contributed by atoms with Crippen LogP contribution in [0.15, 0.2) is 52.9 Å². The fraction of sp³-hybridized carbons (Fsp3) is 0.200. The Labute approximate surface area is 155 Å². The summed E-state index contributed by atoms with van der Waals surface area (Å²) < 4.78 is 10.9. The maximum atomic E-state index is 12.5. The number of rotatable bonds is 4. The third-order valence-corrected chi connectivity index (χ3v) is 4.48. The minimum Gasteiger partial charge on any atom is -0.493 e. The zero-order chi connectivity index (χ0) is 18.8. The Hall–Kier alpha value is -3.48. The molecule has 1 fully saturated rings. The lowest BCUT2D eigenvalue weighted by molar-refractivity contribution is -0.120. The summed E-state index contributed by atoms with van der Waals surface area (Å²) >= 11 is 0. The molecule has 27 heavy (non-hydrogen) atoms. The van der Waals surface area contributed by atoms with Crippen LogP contribution in [0.5, 0.6) is 5.75 Å². The molecule has 0 aliphatic carbocycles. The molecule has 0 unspecified atom stereocenters. The van der Waals surface area contributed by atoms with E-state index in [1.54, 1.807) is 19.2 Å². The first kappa shape index (κ1) is 17.0. The first-order chi connectivity index (χ1) is 13.1. The van der Waals surface area contributed by atoms with Crippen LogP contribution in [-0.4, -0.2) is 38.6 Å². The SMILES string of the molecule is COc1cccc2cc(C(=O)Nc3ccc(N4CCNC(=O)C4)cc3)oc12. The van der Waals surface area contributed by atoms with Crippen molar-refractivity contribution >= 4 is 34.2 Å². The van der Waals surface area contributed by atoms with Crippen molar-refractivity contribution in [1.82, 2.24) is 5.32 Å². The van der Waals surface area contributed by atoms with Crippen molar-refractivity contribution in [2.75, 3.05) is 37.0 Å². The molecule has 2 N–H and O–H groups in total. The summed E-state index contributed by atoms with van der Waals surface area (Å²) in [5.41, 5.74) is 2.14. The van der Waals surface area contributed by atoms with E-state index in [0.717, 1.165) is 17.6 Å². The molecule has 138 valence electrons. The number of benzene rings is 2. The Morgan fingerprint density at radius 2 is 2.04 bits per heavy atom. The number of carbonyl (C=O) groups is 2. The van der Waals surface area contributed by atoms with Crippen molar-refractivity contribution in [3.63, 3.8) is 0 Å². The van der Waals surface area contributed by atoms with E-state index in [1.807, 2.05) is 41.3 Å². The van der Waals surface area contributed by atoms with Crippen molar-refractivity contribution in [2.24, 2.45) is 0 Å². The summed E-state index contributed by atoms with van der Waals surface area (Å²) in [6, 6.07) is 14.6. The molecule has 0 atom stereocenters. The molecule has 2 amide bonds. The molecular weight excluding hydrogens is 346 g/mol. The van der Waals surface area contributed by atoms with Gasteiger partial charge in [0.1, 0.15) is 0 Å². The largest absolute Gasteiger partial charge is 0.493 e. The van der Waals surface area contributed by atoms with E-state index in [2.05, 4.69) is 10.6 Å². The van der Waals surface area contributed by atoms with E-state index >= 15 is 0 Å².